The Morgan fingerprint density at radius 1 is 0.299 bits per heavy atom. The van der Waals surface area contributed by atoms with Crippen LogP contribution in [0.4, 0.5) is 0 Å². The highest BCUT2D eigenvalue weighted by atomic mass is 16.4. The minimum Gasteiger partial charge on any atom is -0.481 e. The van der Waals surface area contributed by atoms with Crippen LogP contribution in [-0.4, -0.2) is 95.7 Å². The second-order valence-corrected chi connectivity index (χ2v) is 58.8. The van der Waals surface area contributed by atoms with Crippen molar-refractivity contribution >= 4 is 41.6 Å². The number of hydrogen-bond donors (Lipinski definition) is 7. The van der Waals surface area contributed by atoms with Crippen molar-refractivity contribution in [2.45, 2.75) is 444 Å². The first-order valence-electron chi connectivity index (χ1n) is 56.0. The fourth-order valence-electron chi connectivity index (χ4n) is 42.9. The first-order chi connectivity index (χ1) is 63.1. The van der Waals surface area contributed by atoms with Gasteiger partial charge in [-0.25, -0.2) is 0 Å². The van der Waals surface area contributed by atoms with Crippen molar-refractivity contribution in [1.29, 1.82) is 0 Å². The molecule has 0 saturated heterocycles. The highest BCUT2D eigenvalue weighted by Crippen LogP contribution is 2.83. The van der Waals surface area contributed by atoms with E-state index < -0.39 is 69.3 Å². The molecule has 0 aromatic rings. The molecule has 15 heteroatoms. The second kappa shape index (κ2) is 33.7. The van der Waals surface area contributed by atoms with E-state index in [0.717, 1.165) is 115 Å². The molecule has 12 unspecified atom stereocenters. The third-order valence-corrected chi connectivity index (χ3v) is 53.6. The molecule has 16 fully saturated rings. The Labute approximate surface area is 827 Å². The highest BCUT2D eigenvalue weighted by molar-refractivity contribution is 5.97. The molecular weight excluding hydrogens is 1710 g/mol. The number of hydrogen-bond acceptors (Lipinski definition) is 11. The summed E-state index contributed by atoms with van der Waals surface area (Å²) in [5.41, 5.74) is 4.12. The van der Waals surface area contributed by atoms with E-state index in [0.29, 0.717) is 106 Å². The van der Waals surface area contributed by atoms with Gasteiger partial charge >= 0.3 is 30.0 Å². The lowest BCUT2D eigenvalue weighted by Crippen LogP contribution is -2.68. The molecule has 20 aliphatic rings. The summed E-state index contributed by atoms with van der Waals surface area (Å²) >= 11 is 0. The van der Waals surface area contributed by atoms with Crippen LogP contribution >= 0.6 is 0 Å². The third-order valence-electron chi connectivity index (χ3n) is 53.6. The Morgan fingerprint density at radius 2 is 0.577 bits per heavy atom. The SMILES string of the molecule is CC1(C)CC[C@]2(C)CC[C@]3(C)C(=CCC4[C@@]5(C)CC[C@@H](O)[C@](C)(C(=O)O)C5CC[C@]43C)C2C1.C[C@@H]1CC[C@]2(C)CC[C@]3(C)C(=CC(=O)C4[C@@]5(C)CC[C@@H](C)[C@](C)(C(=O)O)C5CC[C@]43C)C2[C@H]1C.C[C@@H]1CC[C@]2(C)CC[C@]3(C)C(=CC(=O)C4[C@@]5(C)CC[C@@H](O)[C@](C)(C(=O)O)C5CC[C@]43C)C2[C@H]1C.C[C@@H]1CC[C@]2(C)CC[C@]3(C)C(=CCC4[C@@]5(C)CC[C@@H](O)[C@](C)(C(=O)O)C5CC[C@]43C)C2[C@H]1C.O=C=O. The van der Waals surface area contributed by atoms with E-state index in [-0.39, 0.29) is 118 Å². The van der Waals surface area contributed by atoms with Crippen LogP contribution < -0.4 is 0 Å². The van der Waals surface area contributed by atoms with Crippen LogP contribution in [0.5, 0.6) is 0 Å². The molecule has 0 aromatic carbocycles. The van der Waals surface area contributed by atoms with Crippen LogP contribution in [-0.2, 0) is 38.4 Å². The Hall–Kier alpha value is -4.56. The van der Waals surface area contributed by atoms with Gasteiger partial charge in [0, 0.05) is 11.8 Å². The average molecular weight is 1900 g/mol. The van der Waals surface area contributed by atoms with Crippen molar-refractivity contribution in [3.05, 3.63) is 46.6 Å². The molecule has 15 nitrogen and oxygen atoms in total. The number of carbonyl (C=O) groups excluding carboxylic acids is 4. The van der Waals surface area contributed by atoms with E-state index in [1.807, 2.05) is 20.8 Å². The average Bonchev–Trinajstić information content (AvgIpc) is 0.685. The molecule has 0 spiro atoms. The van der Waals surface area contributed by atoms with Crippen LogP contribution in [0.3, 0.4) is 0 Å². The summed E-state index contributed by atoms with van der Waals surface area (Å²) < 4.78 is 0. The molecule has 20 rings (SSSR count). The van der Waals surface area contributed by atoms with Crippen molar-refractivity contribution in [2.75, 3.05) is 0 Å². The number of aliphatic hydroxyl groups excluding tert-OH is 3. The zero-order chi connectivity index (χ0) is 101. The van der Waals surface area contributed by atoms with Gasteiger partial charge in [-0.2, -0.15) is 9.59 Å². The first kappa shape index (κ1) is 105. The van der Waals surface area contributed by atoms with Crippen LogP contribution in [0.25, 0.3) is 0 Å². The monoisotopic (exact) mass is 1900 g/mol. The maximum atomic E-state index is 14.3. The van der Waals surface area contributed by atoms with E-state index in [4.69, 9.17) is 9.59 Å². The normalized spacial score (nSPS) is 55.7. The second-order valence-electron chi connectivity index (χ2n) is 58.8. The summed E-state index contributed by atoms with van der Waals surface area (Å²) in [4.78, 5) is 94.9. The molecule has 768 valence electrons. The lowest BCUT2D eigenvalue weighted by molar-refractivity contribution is -0.217. The molecular formula is C122H190O15. The summed E-state index contributed by atoms with van der Waals surface area (Å²) in [6, 6.07) is 0. The van der Waals surface area contributed by atoms with Crippen molar-refractivity contribution in [1.82, 2.24) is 0 Å². The number of aliphatic hydroxyl groups is 3. The van der Waals surface area contributed by atoms with E-state index in [1.54, 1.807) is 18.1 Å². The van der Waals surface area contributed by atoms with E-state index >= 15 is 0 Å². The van der Waals surface area contributed by atoms with E-state index in [2.05, 4.69) is 197 Å². The van der Waals surface area contributed by atoms with Gasteiger partial charge < -0.3 is 35.7 Å². The van der Waals surface area contributed by atoms with E-state index in [1.165, 1.54) is 114 Å². The molecule has 0 bridgehead atoms. The highest BCUT2D eigenvalue weighted by Gasteiger charge is 2.78. The van der Waals surface area contributed by atoms with Crippen LogP contribution in [0, 0.1) is 226 Å². The molecule has 16 saturated carbocycles. The van der Waals surface area contributed by atoms with Crippen molar-refractivity contribution in [2.24, 2.45) is 226 Å². The lowest BCUT2D eigenvalue weighted by atomic mass is 9.33. The standard InChI is InChI=1S/C31H48O3.C30H46O4.2C30H48O3.CO2/c1-18-9-12-27(4)15-16-29(6)21(24(27)20(18)3)17-22(32)25-28(5)13-10-19(2)31(8,26(33)34)23(28)11-14-30(25,29)7;1-17-8-11-26(3)14-15-28(5)19(23(26)18(17)2)16-20(31)24-27(4)12-10-22(32)30(7,25(33)34)21(27)9-13-29(24,28)6;1-18-10-13-26(3)16-17-28(5)20(24(26)19(18)2)8-9-21-27(4)14-12-23(31)30(7,25(32)33)22(27)11-15-29(21,28)6;1-25(2)14-15-26(3)16-17-28(5)19(20(26)18-25)8-9-21-27(4)12-11-23(31)30(7,24(32)33)22(27)10-13-29(21,28)6;2-1-3/h17-20,23-25H,9-16H2,1-8H3,(H,33,34);16-18,21-24,32H,8-15H2,1-7H3,(H,33,34);8,18-19,21-24,31H,9-17H2,1-7H3,(H,32,33);8,20-23,31H,9-18H2,1-7H3,(H,32,33);/t18-,19-,20+,23?,24?,25?,27-,28+,29-,30-,31+;17-,18+,21?,22-,23?,24?,26-,27+,28-,29-,30-;18-,19+,21?,22?,23-,24?,26-,27-,28-,29-,30-;20?,21?,22?,23-,26-,27-,28-,29-,30-;/m1111./s1. The summed E-state index contributed by atoms with van der Waals surface area (Å²) in [5, 5.41) is 73.7. The number of carbonyl (C=O) groups is 6. The van der Waals surface area contributed by atoms with Crippen LogP contribution in [0.15, 0.2) is 46.6 Å². The third kappa shape index (κ3) is 14.1. The Morgan fingerprint density at radius 3 is 0.927 bits per heavy atom. The van der Waals surface area contributed by atoms with Crippen LogP contribution in [0.2, 0.25) is 0 Å². The number of rotatable bonds is 4. The number of carboxylic acid groups (broad SMARTS) is 4. The fraction of sp³-hybridized carbons (Fsp3) is 0.877. The molecule has 42 atom stereocenters. The minimum absolute atomic E-state index is 0.0255. The van der Waals surface area contributed by atoms with Gasteiger partial charge in [0.25, 0.3) is 0 Å². The van der Waals surface area contributed by atoms with E-state index in [9.17, 15) is 64.5 Å². The predicted molar refractivity (Wildman–Crippen MR) is 539 cm³/mol. The topological polar surface area (TPSA) is 278 Å². The van der Waals surface area contributed by atoms with Crippen molar-refractivity contribution < 1.29 is 74.1 Å². The molecule has 0 amide bonds. The molecule has 7 N–H and O–H groups in total. The lowest BCUT2D eigenvalue weighted by Gasteiger charge is -2.71. The van der Waals surface area contributed by atoms with Gasteiger partial charge in [0.05, 0.1) is 40.0 Å². The van der Waals surface area contributed by atoms with Crippen LogP contribution in [0.1, 0.15) is 426 Å². The largest absolute Gasteiger partial charge is 0.481 e. The minimum atomic E-state index is -1.20. The maximum absolute atomic E-state index is 14.3. The quantitative estimate of drug-likeness (QED) is 0.129. The summed E-state index contributed by atoms with van der Waals surface area (Å²) in [5.74, 6) is 4.65. The number of allylic oxidation sites excluding steroid dienone is 8. The van der Waals surface area contributed by atoms with Crippen molar-refractivity contribution in [3.63, 3.8) is 0 Å². The molecule has 0 radical (unpaired) electrons. The maximum Gasteiger partial charge on any atom is 0.373 e. The Kier molecular flexibility index (Phi) is 25.9. The van der Waals surface area contributed by atoms with Gasteiger partial charge in [-0.3, -0.25) is 28.8 Å². The molecule has 137 heavy (non-hydrogen) atoms. The summed E-state index contributed by atoms with van der Waals surface area (Å²) in [7, 11) is 0. The van der Waals surface area contributed by atoms with Gasteiger partial charge in [-0.15, -0.1) is 0 Å². The Balaban J connectivity index is 0.000000131. The van der Waals surface area contributed by atoms with Gasteiger partial charge in [0.2, 0.25) is 0 Å². The molecule has 0 heterocycles. The first-order valence-corrected chi connectivity index (χ1v) is 56.0. The molecule has 0 aromatic heterocycles. The Bertz CT molecular complexity index is 4810. The zero-order valence-corrected chi connectivity index (χ0v) is 91.2. The number of fused-ring (bicyclic) bond motifs is 28. The smallest absolute Gasteiger partial charge is 0.373 e. The summed E-state index contributed by atoms with van der Waals surface area (Å²) in [6.45, 7) is 68.6. The van der Waals surface area contributed by atoms with Gasteiger partial charge in [-0.1, -0.05) is 208 Å². The molecule has 20 aliphatic carbocycles. The van der Waals surface area contributed by atoms with Gasteiger partial charge in [-0.05, 0) is 457 Å². The van der Waals surface area contributed by atoms with Gasteiger partial charge in [0.15, 0.2) is 11.6 Å². The summed E-state index contributed by atoms with van der Waals surface area (Å²) in [6.07, 6.45) is 45.2. The zero-order valence-electron chi connectivity index (χ0n) is 91.2. The fourth-order valence-corrected chi connectivity index (χ4v) is 42.9. The predicted octanol–water partition coefficient (Wildman–Crippen LogP) is 27.6. The number of aliphatic carboxylic acids is 4. The van der Waals surface area contributed by atoms with Crippen molar-refractivity contribution in [3.8, 4) is 0 Å². The number of carboxylic acids is 4. The number of ketones is 2. The van der Waals surface area contributed by atoms with Gasteiger partial charge in [0.1, 0.15) is 0 Å². The molecule has 0 aliphatic heterocycles.